The number of benzene rings is 1. The van der Waals surface area contributed by atoms with Crippen molar-refractivity contribution in [3.63, 3.8) is 0 Å². The normalized spacial score (nSPS) is 13.5. The van der Waals surface area contributed by atoms with Gasteiger partial charge < -0.3 is 4.74 Å². The van der Waals surface area contributed by atoms with Crippen molar-refractivity contribution < 1.29 is 4.74 Å². The summed E-state index contributed by atoms with van der Waals surface area (Å²) in [5, 5.41) is 0. The van der Waals surface area contributed by atoms with Crippen LogP contribution in [0, 0.1) is 5.92 Å². The molecule has 1 rings (SSSR count). The summed E-state index contributed by atoms with van der Waals surface area (Å²) in [7, 11) is 1.79. The number of rotatable bonds is 9. The zero-order valence-corrected chi connectivity index (χ0v) is 12.7. The van der Waals surface area contributed by atoms with Crippen molar-refractivity contribution in [2.45, 2.75) is 46.0 Å². The van der Waals surface area contributed by atoms with Crippen molar-refractivity contribution in [2.75, 3.05) is 13.7 Å². The first-order chi connectivity index (χ1) is 9.31. The fraction of sp³-hybridized carbons (Fsp3) is 0.556. The van der Waals surface area contributed by atoms with E-state index in [1.54, 1.807) is 7.11 Å². The highest BCUT2D eigenvalue weighted by atomic mass is 16.5. The summed E-state index contributed by atoms with van der Waals surface area (Å²) < 4.78 is 5.40. The van der Waals surface area contributed by atoms with Crippen molar-refractivity contribution in [1.82, 2.24) is 0 Å². The molecule has 0 aromatic heterocycles. The summed E-state index contributed by atoms with van der Waals surface area (Å²) in [6.07, 6.45) is 8.74. The Bertz CT molecular complexity index is 353. The smallest absolute Gasteiger partial charge is 0.0678 e. The molecule has 0 radical (unpaired) electrons. The highest BCUT2D eigenvalue weighted by molar-refractivity contribution is 5.53. The largest absolute Gasteiger partial charge is 0.380 e. The second-order valence-corrected chi connectivity index (χ2v) is 5.16. The van der Waals surface area contributed by atoms with Crippen molar-refractivity contribution in [1.29, 1.82) is 0 Å². The van der Waals surface area contributed by atoms with E-state index in [0.29, 0.717) is 5.92 Å². The molecule has 0 fully saturated rings. The Morgan fingerprint density at radius 3 is 2.47 bits per heavy atom. The zero-order valence-electron chi connectivity index (χ0n) is 12.7. The minimum absolute atomic E-state index is 0.659. The second-order valence-electron chi connectivity index (χ2n) is 5.16. The van der Waals surface area contributed by atoms with Crippen LogP contribution in [0.4, 0.5) is 0 Å². The molecular formula is C18H28O. The standard InChI is InChI=1S/C18H28O/c1-4-6-8-13-17(5-2)18(15-19-3)14-16-11-9-7-10-12-16/h7,9-12,14,17H,4-6,8,13,15H2,1-3H3. The summed E-state index contributed by atoms with van der Waals surface area (Å²) in [5.74, 6) is 0.659. The lowest BCUT2D eigenvalue weighted by molar-refractivity contribution is 0.214. The molecule has 1 unspecified atom stereocenters. The Morgan fingerprint density at radius 1 is 1.16 bits per heavy atom. The second kappa shape index (κ2) is 9.80. The first-order valence-corrected chi connectivity index (χ1v) is 7.56. The van der Waals surface area contributed by atoms with E-state index in [9.17, 15) is 0 Å². The molecule has 1 nitrogen and oxygen atoms in total. The van der Waals surface area contributed by atoms with E-state index >= 15 is 0 Å². The average molecular weight is 260 g/mol. The molecule has 0 aliphatic carbocycles. The molecule has 0 N–H and O–H groups in total. The van der Waals surface area contributed by atoms with Crippen LogP contribution in [0.25, 0.3) is 6.08 Å². The molecule has 0 spiro atoms. The summed E-state index contributed by atoms with van der Waals surface area (Å²) in [6.45, 7) is 5.29. The van der Waals surface area contributed by atoms with E-state index in [1.165, 1.54) is 43.2 Å². The summed E-state index contributed by atoms with van der Waals surface area (Å²) in [4.78, 5) is 0. The van der Waals surface area contributed by atoms with Gasteiger partial charge in [-0.15, -0.1) is 0 Å². The lowest BCUT2D eigenvalue weighted by Crippen LogP contribution is -2.08. The molecular weight excluding hydrogens is 232 g/mol. The molecule has 0 bridgehead atoms. The minimum Gasteiger partial charge on any atom is -0.380 e. The van der Waals surface area contributed by atoms with Crippen LogP contribution in [-0.2, 0) is 4.74 Å². The Balaban J connectivity index is 2.75. The number of unbranched alkanes of at least 4 members (excludes halogenated alkanes) is 2. The van der Waals surface area contributed by atoms with Crippen LogP contribution < -0.4 is 0 Å². The lowest BCUT2D eigenvalue weighted by atomic mass is 9.89. The third-order valence-corrected chi connectivity index (χ3v) is 3.64. The van der Waals surface area contributed by atoms with Gasteiger partial charge in [-0.05, 0) is 29.9 Å². The fourth-order valence-corrected chi connectivity index (χ4v) is 2.50. The van der Waals surface area contributed by atoms with Gasteiger partial charge in [-0.1, -0.05) is 69.5 Å². The number of hydrogen-bond donors (Lipinski definition) is 0. The maximum atomic E-state index is 5.40. The fourth-order valence-electron chi connectivity index (χ4n) is 2.50. The van der Waals surface area contributed by atoms with Crippen molar-refractivity contribution in [2.24, 2.45) is 5.92 Å². The lowest BCUT2D eigenvalue weighted by Gasteiger charge is -2.19. The predicted molar refractivity (Wildman–Crippen MR) is 84.2 cm³/mol. The Kier molecular flexibility index (Phi) is 8.24. The van der Waals surface area contributed by atoms with Crippen LogP contribution in [0.15, 0.2) is 35.9 Å². The van der Waals surface area contributed by atoms with E-state index in [1.807, 2.05) is 0 Å². The average Bonchev–Trinajstić information content (AvgIpc) is 2.44. The number of hydrogen-bond acceptors (Lipinski definition) is 1. The van der Waals surface area contributed by atoms with Crippen molar-refractivity contribution in [3.8, 4) is 0 Å². The van der Waals surface area contributed by atoms with Gasteiger partial charge in [0.25, 0.3) is 0 Å². The van der Waals surface area contributed by atoms with E-state index in [4.69, 9.17) is 4.74 Å². The molecule has 0 aliphatic heterocycles. The summed E-state index contributed by atoms with van der Waals surface area (Å²) in [6, 6.07) is 10.6. The quantitative estimate of drug-likeness (QED) is 0.546. The topological polar surface area (TPSA) is 9.23 Å². The van der Waals surface area contributed by atoms with Crippen LogP contribution in [0.1, 0.15) is 51.5 Å². The SMILES string of the molecule is CCCCCC(CC)C(=Cc1ccccc1)COC. The molecule has 0 saturated heterocycles. The Labute approximate surface area is 118 Å². The molecule has 0 amide bonds. The van der Waals surface area contributed by atoms with E-state index in [0.717, 1.165) is 6.61 Å². The zero-order chi connectivity index (χ0) is 13.9. The van der Waals surface area contributed by atoms with Gasteiger partial charge in [-0.2, -0.15) is 0 Å². The monoisotopic (exact) mass is 260 g/mol. The Hall–Kier alpha value is -1.08. The van der Waals surface area contributed by atoms with Crippen LogP contribution in [0.3, 0.4) is 0 Å². The van der Waals surface area contributed by atoms with Gasteiger partial charge in [0.2, 0.25) is 0 Å². The van der Waals surface area contributed by atoms with Crippen LogP contribution in [-0.4, -0.2) is 13.7 Å². The summed E-state index contributed by atoms with van der Waals surface area (Å²) in [5.41, 5.74) is 2.72. The molecule has 1 aromatic rings. The molecule has 1 heteroatoms. The maximum absolute atomic E-state index is 5.40. The van der Waals surface area contributed by atoms with Crippen LogP contribution in [0.5, 0.6) is 0 Å². The molecule has 1 aromatic carbocycles. The van der Waals surface area contributed by atoms with Gasteiger partial charge in [0, 0.05) is 7.11 Å². The van der Waals surface area contributed by atoms with E-state index < -0.39 is 0 Å². The van der Waals surface area contributed by atoms with Gasteiger partial charge >= 0.3 is 0 Å². The highest BCUT2D eigenvalue weighted by Gasteiger charge is 2.12. The minimum atomic E-state index is 0.659. The van der Waals surface area contributed by atoms with Crippen molar-refractivity contribution in [3.05, 3.63) is 41.5 Å². The van der Waals surface area contributed by atoms with Crippen molar-refractivity contribution >= 4 is 6.08 Å². The highest BCUT2D eigenvalue weighted by Crippen LogP contribution is 2.24. The van der Waals surface area contributed by atoms with E-state index in [2.05, 4.69) is 50.3 Å². The van der Waals surface area contributed by atoms with Gasteiger partial charge in [0.15, 0.2) is 0 Å². The Morgan fingerprint density at radius 2 is 1.89 bits per heavy atom. The number of ether oxygens (including phenoxy) is 1. The van der Waals surface area contributed by atoms with Gasteiger partial charge in [-0.25, -0.2) is 0 Å². The third kappa shape index (κ3) is 6.07. The molecule has 0 heterocycles. The van der Waals surface area contributed by atoms with E-state index in [-0.39, 0.29) is 0 Å². The predicted octanol–water partition coefficient (Wildman–Crippen LogP) is 5.32. The van der Waals surface area contributed by atoms with Gasteiger partial charge in [0.1, 0.15) is 0 Å². The molecule has 106 valence electrons. The van der Waals surface area contributed by atoms with Crippen LogP contribution in [0.2, 0.25) is 0 Å². The van der Waals surface area contributed by atoms with Gasteiger partial charge in [-0.3, -0.25) is 0 Å². The maximum Gasteiger partial charge on any atom is 0.0678 e. The first kappa shape index (κ1) is 16.0. The third-order valence-electron chi connectivity index (χ3n) is 3.64. The number of methoxy groups -OCH3 is 1. The molecule has 0 saturated carbocycles. The van der Waals surface area contributed by atoms with Gasteiger partial charge in [0.05, 0.1) is 6.61 Å². The first-order valence-electron chi connectivity index (χ1n) is 7.56. The molecule has 1 atom stereocenters. The molecule has 0 aliphatic rings. The summed E-state index contributed by atoms with van der Waals surface area (Å²) >= 11 is 0. The van der Waals surface area contributed by atoms with Crippen LogP contribution >= 0.6 is 0 Å². The molecule has 19 heavy (non-hydrogen) atoms.